The van der Waals surface area contributed by atoms with Gasteiger partial charge in [0.15, 0.2) is 0 Å². The number of anilines is 1. The van der Waals surface area contributed by atoms with E-state index in [4.69, 9.17) is 16.3 Å². The second-order valence-electron chi connectivity index (χ2n) is 7.29. The SMILES string of the molecule is O=C(c1ccc(OCCSc2ccccc2)cc1)N1CCN(c2cccc(Cl)c2)CC1. The van der Waals surface area contributed by atoms with Crippen molar-refractivity contribution in [2.24, 2.45) is 0 Å². The first-order valence-electron chi connectivity index (χ1n) is 10.4. The predicted octanol–water partition coefficient (Wildman–Crippen LogP) is 5.47. The van der Waals surface area contributed by atoms with Gasteiger partial charge in [-0.15, -0.1) is 11.8 Å². The summed E-state index contributed by atoms with van der Waals surface area (Å²) in [5.41, 5.74) is 1.80. The van der Waals surface area contributed by atoms with Crippen molar-refractivity contribution in [1.29, 1.82) is 0 Å². The molecule has 0 radical (unpaired) electrons. The smallest absolute Gasteiger partial charge is 0.253 e. The van der Waals surface area contributed by atoms with Gasteiger partial charge in [0.1, 0.15) is 5.75 Å². The molecule has 3 aromatic rings. The predicted molar refractivity (Wildman–Crippen MR) is 129 cm³/mol. The quantitative estimate of drug-likeness (QED) is 0.351. The van der Waals surface area contributed by atoms with Gasteiger partial charge in [0, 0.05) is 53.1 Å². The van der Waals surface area contributed by atoms with Gasteiger partial charge in [-0.3, -0.25) is 4.79 Å². The van der Waals surface area contributed by atoms with Crippen molar-refractivity contribution in [3.05, 3.63) is 89.4 Å². The Bertz CT molecular complexity index is 990. The molecule has 1 heterocycles. The molecule has 0 saturated carbocycles. The summed E-state index contributed by atoms with van der Waals surface area (Å²) in [5.74, 6) is 1.73. The number of carbonyl (C=O) groups excluding carboxylic acids is 1. The van der Waals surface area contributed by atoms with Gasteiger partial charge < -0.3 is 14.5 Å². The first-order valence-corrected chi connectivity index (χ1v) is 11.8. The number of hydrogen-bond donors (Lipinski definition) is 0. The maximum atomic E-state index is 12.9. The van der Waals surface area contributed by atoms with Crippen molar-refractivity contribution in [3.8, 4) is 5.75 Å². The van der Waals surface area contributed by atoms with Crippen LogP contribution in [0.25, 0.3) is 0 Å². The number of hydrogen-bond acceptors (Lipinski definition) is 4. The third-order valence-corrected chi connectivity index (χ3v) is 6.42. The lowest BCUT2D eigenvalue weighted by Crippen LogP contribution is -2.48. The number of amides is 1. The summed E-state index contributed by atoms with van der Waals surface area (Å²) in [6, 6.07) is 25.6. The zero-order valence-electron chi connectivity index (χ0n) is 17.2. The van der Waals surface area contributed by atoms with Gasteiger partial charge in [0.2, 0.25) is 0 Å². The van der Waals surface area contributed by atoms with E-state index in [9.17, 15) is 4.79 Å². The lowest BCUT2D eigenvalue weighted by molar-refractivity contribution is 0.0746. The standard InChI is InChI=1S/C25H25ClN2O2S/c26-21-5-4-6-22(19-21)27-13-15-28(16-14-27)25(29)20-9-11-23(12-10-20)30-17-18-31-24-7-2-1-3-8-24/h1-12,19H,13-18H2. The largest absolute Gasteiger partial charge is 0.493 e. The van der Waals surface area contributed by atoms with Crippen LogP contribution >= 0.6 is 23.4 Å². The molecule has 0 bridgehead atoms. The third-order valence-electron chi connectivity index (χ3n) is 5.21. The molecule has 6 heteroatoms. The molecule has 1 aliphatic heterocycles. The fourth-order valence-corrected chi connectivity index (χ4v) is 4.49. The van der Waals surface area contributed by atoms with Crippen molar-refractivity contribution in [3.63, 3.8) is 0 Å². The summed E-state index contributed by atoms with van der Waals surface area (Å²) in [6.07, 6.45) is 0. The van der Waals surface area contributed by atoms with E-state index in [1.165, 1.54) is 4.90 Å². The van der Waals surface area contributed by atoms with Crippen LogP contribution in [0.5, 0.6) is 5.75 Å². The van der Waals surface area contributed by atoms with E-state index in [0.29, 0.717) is 25.3 Å². The molecule has 1 aliphatic rings. The number of ether oxygens (including phenoxy) is 1. The van der Waals surface area contributed by atoms with E-state index < -0.39 is 0 Å². The fraction of sp³-hybridized carbons (Fsp3) is 0.240. The maximum Gasteiger partial charge on any atom is 0.253 e. The maximum absolute atomic E-state index is 12.9. The van der Waals surface area contributed by atoms with Crippen LogP contribution in [0.2, 0.25) is 5.02 Å². The Labute approximate surface area is 192 Å². The highest BCUT2D eigenvalue weighted by molar-refractivity contribution is 7.99. The molecule has 160 valence electrons. The molecule has 1 saturated heterocycles. The topological polar surface area (TPSA) is 32.8 Å². The molecule has 31 heavy (non-hydrogen) atoms. The van der Waals surface area contributed by atoms with Crippen LogP contribution in [0.1, 0.15) is 10.4 Å². The first-order chi connectivity index (χ1) is 15.2. The Kier molecular flexibility index (Phi) is 7.39. The minimum Gasteiger partial charge on any atom is -0.493 e. The summed E-state index contributed by atoms with van der Waals surface area (Å²) in [7, 11) is 0. The third kappa shape index (κ3) is 5.96. The summed E-state index contributed by atoms with van der Waals surface area (Å²) < 4.78 is 5.82. The summed E-state index contributed by atoms with van der Waals surface area (Å²) in [4.78, 5) is 18.3. The van der Waals surface area contributed by atoms with Crippen LogP contribution in [0.3, 0.4) is 0 Å². The second-order valence-corrected chi connectivity index (χ2v) is 8.90. The zero-order valence-corrected chi connectivity index (χ0v) is 18.8. The highest BCUT2D eigenvalue weighted by Gasteiger charge is 2.22. The molecule has 1 fully saturated rings. The van der Waals surface area contributed by atoms with Crippen molar-refractivity contribution in [2.75, 3.05) is 43.4 Å². The Morgan fingerprint density at radius 1 is 0.903 bits per heavy atom. The van der Waals surface area contributed by atoms with Crippen LogP contribution in [0.4, 0.5) is 5.69 Å². The molecule has 0 atom stereocenters. The molecule has 3 aromatic carbocycles. The number of benzene rings is 3. The number of carbonyl (C=O) groups is 1. The highest BCUT2D eigenvalue weighted by Crippen LogP contribution is 2.22. The van der Waals surface area contributed by atoms with Gasteiger partial charge in [-0.25, -0.2) is 0 Å². The average molecular weight is 453 g/mol. The number of piperazine rings is 1. The lowest BCUT2D eigenvalue weighted by Gasteiger charge is -2.36. The summed E-state index contributed by atoms with van der Waals surface area (Å²) in [5, 5.41) is 0.733. The van der Waals surface area contributed by atoms with Gasteiger partial charge in [-0.1, -0.05) is 35.9 Å². The average Bonchev–Trinajstić information content (AvgIpc) is 2.83. The van der Waals surface area contributed by atoms with Crippen LogP contribution < -0.4 is 9.64 Å². The molecule has 4 rings (SSSR count). The van der Waals surface area contributed by atoms with E-state index >= 15 is 0 Å². The lowest BCUT2D eigenvalue weighted by atomic mass is 10.1. The minimum absolute atomic E-state index is 0.0666. The highest BCUT2D eigenvalue weighted by atomic mass is 35.5. The van der Waals surface area contributed by atoms with Crippen molar-refractivity contribution < 1.29 is 9.53 Å². The number of halogens is 1. The van der Waals surface area contributed by atoms with Crippen molar-refractivity contribution in [2.45, 2.75) is 4.90 Å². The van der Waals surface area contributed by atoms with E-state index in [-0.39, 0.29) is 5.91 Å². The van der Waals surface area contributed by atoms with Gasteiger partial charge in [0.05, 0.1) is 6.61 Å². The monoisotopic (exact) mass is 452 g/mol. The molecular weight excluding hydrogens is 428 g/mol. The molecule has 4 nitrogen and oxygen atoms in total. The second kappa shape index (κ2) is 10.6. The molecular formula is C25H25ClN2O2S. The fourth-order valence-electron chi connectivity index (χ4n) is 3.55. The van der Waals surface area contributed by atoms with Crippen LogP contribution in [0, 0.1) is 0 Å². The molecule has 0 aromatic heterocycles. The molecule has 0 unspecified atom stereocenters. The van der Waals surface area contributed by atoms with Gasteiger partial charge in [-0.05, 0) is 54.6 Å². The van der Waals surface area contributed by atoms with Gasteiger partial charge in [-0.2, -0.15) is 0 Å². The number of rotatable bonds is 7. The van der Waals surface area contributed by atoms with Crippen LogP contribution in [-0.2, 0) is 0 Å². The van der Waals surface area contributed by atoms with E-state index in [1.807, 2.05) is 65.6 Å². The van der Waals surface area contributed by atoms with Gasteiger partial charge >= 0.3 is 0 Å². The molecule has 0 aliphatic carbocycles. The van der Waals surface area contributed by atoms with E-state index in [2.05, 4.69) is 23.1 Å². The first kappa shape index (κ1) is 21.6. The molecule has 1 amide bonds. The number of nitrogens with zero attached hydrogens (tertiary/aromatic N) is 2. The Morgan fingerprint density at radius 2 is 1.65 bits per heavy atom. The summed E-state index contributed by atoms with van der Waals surface area (Å²) in [6.45, 7) is 3.61. The Balaban J connectivity index is 1.24. The molecule has 0 N–H and O–H groups in total. The number of thioether (sulfide) groups is 1. The van der Waals surface area contributed by atoms with Crippen molar-refractivity contribution >= 4 is 35.0 Å². The van der Waals surface area contributed by atoms with Crippen LogP contribution in [-0.4, -0.2) is 49.3 Å². The van der Waals surface area contributed by atoms with Crippen molar-refractivity contribution in [1.82, 2.24) is 4.90 Å². The van der Waals surface area contributed by atoms with Crippen LogP contribution in [0.15, 0.2) is 83.8 Å². The molecule has 0 spiro atoms. The van der Waals surface area contributed by atoms with E-state index in [0.717, 1.165) is 35.3 Å². The minimum atomic E-state index is 0.0666. The summed E-state index contributed by atoms with van der Waals surface area (Å²) >= 11 is 7.87. The Morgan fingerprint density at radius 3 is 2.35 bits per heavy atom. The van der Waals surface area contributed by atoms with Gasteiger partial charge in [0.25, 0.3) is 5.91 Å². The normalized spacial score (nSPS) is 13.8. The van der Waals surface area contributed by atoms with E-state index in [1.54, 1.807) is 11.8 Å². The zero-order chi connectivity index (χ0) is 21.5. The Hall–Kier alpha value is -2.63.